The van der Waals surface area contributed by atoms with Gasteiger partial charge in [-0.25, -0.2) is 15.0 Å². The summed E-state index contributed by atoms with van der Waals surface area (Å²) in [6, 6.07) is 3.99. The largest absolute Gasteiger partial charge is 0.368 e. The highest BCUT2D eigenvalue weighted by Crippen LogP contribution is 2.25. The van der Waals surface area contributed by atoms with Gasteiger partial charge in [0.2, 0.25) is 5.91 Å². The molecule has 0 aliphatic carbocycles. The monoisotopic (exact) mass is 342 g/mol. The van der Waals surface area contributed by atoms with Crippen molar-refractivity contribution >= 4 is 34.2 Å². The molecule has 0 spiro atoms. The molecular weight excluding hydrogens is 324 g/mol. The van der Waals surface area contributed by atoms with Crippen LogP contribution in [0.25, 0.3) is 21.9 Å². The van der Waals surface area contributed by atoms with Gasteiger partial charge in [-0.15, -0.1) is 11.3 Å². The Morgan fingerprint density at radius 3 is 3.12 bits per heavy atom. The van der Waals surface area contributed by atoms with Gasteiger partial charge >= 0.3 is 0 Å². The Balaban J connectivity index is 1.46. The van der Waals surface area contributed by atoms with Crippen LogP contribution in [0.5, 0.6) is 0 Å². The number of hydrogen-bond acceptors (Lipinski definition) is 6. The van der Waals surface area contributed by atoms with E-state index in [9.17, 15) is 4.79 Å². The van der Waals surface area contributed by atoms with Crippen LogP contribution in [0.4, 0.5) is 5.82 Å². The number of H-pyrrole nitrogens is 1. The molecule has 0 atom stereocenters. The second-order valence-corrected chi connectivity index (χ2v) is 6.69. The first-order valence-electron chi connectivity index (χ1n) is 8.08. The number of rotatable bonds is 6. The van der Waals surface area contributed by atoms with Crippen molar-refractivity contribution in [3.05, 3.63) is 23.8 Å². The summed E-state index contributed by atoms with van der Waals surface area (Å²) in [5.41, 5.74) is 1.47. The minimum atomic E-state index is 0.271. The number of amides is 1. The van der Waals surface area contributed by atoms with Crippen LogP contribution in [0, 0.1) is 0 Å². The number of aromatic nitrogens is 4. The van der Waals surface area contributed by atoms with Gasteiger partial charge in [-0.1, -0.05) is 6.07 Å². The lowest BCUT2D eigenvalue weighted by Gasteiger charge is -2.15. The number of aromatic amines is 1. The van der Waals surface area contributed by atoms with E-state index in [-0.39, 0.29) is 5.91 Å². The molecule has 3 aromatic rings. The zero-order valence-corrected chi connectivity index (χ0v) is 14.0. The SMILES string of the molecule is O=C1CCCN1CCCNc1nc(-c2cccs2)nc2nc[nH]c12. The molecule has 1 amide bonds. The summed E-state index contributed by atoms with van der Waals surface area (Å²) in [4.78, 5) is 31.1. The molecule has 0 aromatic carbocycles. The van der Waals surface area contributed by atoms with E-state index in [0.29, 0.717) is 17.9 Å². The third-order valence-corrected chi connectivity index (χ3v) is 4.96. The molecule has 1 fully saturated rings. The lowest BCUT2D eigenvalue weighted by molar-refractivity contribution is -0.127. The van der Waals surface area contributed by atoms with E-state index >= 15 is 0 Å². The lowest BCUT2D eigenvalue weighted by atomic mass is 10.3. The Morgan fingerprint density at radius 2 is 2.33 bits per heavy atom. The van der Waals surface area contributed by atoms with E-state index in [4.69, 9.17) is 0 Å². The van der Waals surface area contributed by atoms with Crippen molar-refractivity contribution in [3.8, 4) is 10.7 Å². The van der Waals surface area contributed by atoms with E-state index in [1.165, 1.54) is 0 Å². The summed E-state index contributed by atoms with van der Waals surface area (Å²) in [5, 5.41) is 5.37. The maximum absolute atomic E-state index is 11.6. The van der Waals surface area contributed by atoms with E-state index in [1.807, 2.05) is 22.4 Å². The number of fused-ring (bicyclic) bond motifs is 1. The first kappa shape index (κ1) is 15.1. The topological polar surface area (TPSA) is 86.8 Å². The zero-order chi connectivity index (χ0) is 16.4. The quantitative estimate of drug-likeness (QED) is 0.672. The smallest absolute Gasteiger partial charge is 0.222 e. The van der Waals surface area contributed by atoms with Crippen molar-refractivity contribution in [1.82, 2.24) is 24.8 Å². The number of carbonyl (C=O) groups is 1. The average Bonchev–Trinajstić information content (AvgIpc) is 3.33. The second-order valence-electron chi connectivity index (χ2n) is 5.74. The van der Waals surface area contributed by atoms with Crippen LogP contribution in [0.1, 0.15) is 19.3 Å². The fourth-order valence-corrected chi connectivity index (χ4v) is 3.55. The molecule has 0 radical (unpaired) electrons. The number of thiophene rings is 1. The van der Waals surface area contributed by atoms with Crippen LogP contribution in [0.15, 0.2) is 23.8 Å². The number of anilines is 1. The number of carbonyl (C=O) groups excluding carboxylic acids is 1. The molecule has 1 saturated heterocycles. The Bertz CT molecular complexity index is 844. The maximum Gasteiger partial charge on any atom is 0.222 e. The number of nitrogens with zero attached hydrogens (tertiary/aromatic N) is 4. The molecule has 0 unspecified atom stereocenters. The first-order chi connectivity index (χ1) is 11.8. The summed E-state index contributed by atoms with van der Waals surface area (Å²) in [6.07, 6.45) is 4.20. The molecule has 1 aliphatic heterocycles. The van der Waals surface area contributed by atoms with E-state index in [0.717, 1.165) is 48.7 Å². The van der Waals surface area contributed by atoms with Gasteiger partial charge in [-0.05, 0) is 24.3 Å². The summed E-state index contributed by atoms with van der Waals surface area (Å²) in [5.74, 6) is 1.71. The van der Waals surface area contributed by atoms with E-state index < -0.39 is 0 Å². The molecule has 3 aromatic heterocycles. The van der Waals surface area contributed by atoms with Gasteiger partial charge in [0, 0.05) is 26.1 Å². The third-order valence-electron chi connectivity index (χ3n) is 4.10. The van der Waals surface area contributed by atoms with Crippen molar-refractivity contribution in [1.29, 1.82) is 0 Å². The van der Waals surface area contributed by atoms with Crippen molar-refractivity contribution in [3.63, 3.8) is 0 Å². The summed E-state index contributed by atoms with van der Waals surface area (Å²) < 4.78 is 0. The van der Waals surface area contributed by atoms with E-state index in [2.05, 4.69) is 25.3 Å². The van der Waals surface area contributed by atoms with Crippen molar-refractivity contribution in [2.45, 2.75) is 19.3 Å². The Morgan fingerprint density at radius 1 is 1.38 bits per heavy atom. The molecule has 4 rings (SSSR count). The average molecular weight is 342 g/mol. The predicted molar refractivity (Wildman–Crippen MR) is 93.9 cm³/mol. The highest BCUT2D eigenvalue weighted by atomic mass is 32.1. The van der Waals surface area contributed by atoms with Gasteiger partial charge in [0.15, 0.2) is 17.3 Å². The molecule has 2 N–H and O–H groups in total. The van der Waals surface area contributed by atoms with Crippen molar-refractivity contribution < 1.29 is 4.79 Å². The fraction of sp³-hybridized carbons (Fsp3) is 0.375. The van der Waals surface area contributed by atoms with Crippen molar-refractivity contribution in [2.75, 3.05) is 25.0 Å². The highest BCUT2D eigenvalue weighted by Gasteiger charge is 2.19. The van der Waals surface area contributed by atoms with Gasteiger partial charge in [0.05, 0.1) is 11.2 Å². The third kappa shape index (κ3) is 2.96. The van der Waals surface area contributed by atoms with Gasteiger partial charge in [0.25, 0.3) is 0 Å². The number of hydrogen-bond donors (Lipinski definition) is 2. The molecule has 7 nitrogen and oxygen atoms in total. The maximum atomic E-state index is 11.6. The minimum Gasteiger partial charge on any atom is -0.368 e. The normalized spacial score (nSPS) is 14.7. The summed E-state index contributed by atoms with van der Waals surface area (Å²) in [7, 11) is 0. The standard InChI is InChI=1S/C16H18N6OS/c23-12-5-1-7-22(12)8-3-6-17-15-13-16(19-10-18-13)21-14(20-15)11-4-2-9-24-11/h2,4,9-10H,1,3,5-8H2,(H2,17,18,19,20,21). The molecular formula is C16H18N6OS. The van der Waals surface area contributed by atoms with Crippen LogP contribution in [-0.2, 0) is 4.79 Å². The van der Waals surface area contributed by atoms with Gasteiger partial charge in [-0.2, -0.15) is 0 Å². The van der Waals surface area contributed by atoms with Crippen LogP contribution >= 0.6 is 11.3 Å². The molecule has 8 heteroatoms. The molecule has 1 aliphatic rings. The summed E-state index contributed by atoms with van der Waals surface area (Å²) >= 11 is 1.61. The number of imidazole rings is 1. The second kappa shape index (κ2) is 6.56. The minimum absolute atomic E-state index is 0.271. The lowest BCUT2D eigenvalue weighted by Crippen LogP contribution is -2.27. The van der Waals surface area contributed by atoms with Gasteiger partial charge in [-0.3, -0.25) is 4.79 Å². The van der Waals surface area contributed by atoms with Crippen molar-refractivity contribution in [2.24, 2.45) is 0 Å². The number of likely N-dealkylation sites (tertiary alicyclic amines) is 1. The van der Waals surface area contributed by atoms with E-state index in [1.54, 1.807) is 17.7 Å². The molecule has 124 valence electrons. The van der Waals surface area contributed by atoms with Gasteiger partial charge in [0.1, 0.15) is 5.52 Å². The van der Waals surface area contributed by atoms with Crippen LogP contribution < -0.4 is 5.32 Å². The first-order valence-corrected chi connectivity index (χ1v) is 8.96. The zero-order valence-electron chi connectivity index (χ0n) is 13.2. The molecule has 4 heterocycles. The highest BCUT2D eigenvalue weighted by molar-refractivity contribution is 7.13. The van der Waals surface area contributed by atoms with Gasteiger partial charge < -0.3 is 15.2 Å². The van der Waals surface area contributed by atoms with Crippen LogP contribution in [0.3, 0.4) is 0 Å². The van der Waals surface area contributed by atoms with Crippen LogP contribution in [0.2, 0.25) is 0 Å². The Hall–Kier alpha value is -2.48. The number of nitrogens with one attached hydrogen (secondary N) is 2. The fourth-order valence-electron chi connectivity index (χ4n) is 2.89. The Kier molecular flexibility index (Phi) is 4.12. The molecule has 0 saturated carbocycles. The summed E-state index contributed by atoms with van der Waals surface area (Å²) in [6.45, 7) is 2.43. The predicted octanol–water partition coefficient (Wildman–Crippen LogP) is 2.51. The molecule has 24 heavy (non-hydrogen) atoms. The Labute approximate surface area is 143 Å². The molecule has 0 bridgehead atoms. The van der Waals surface area contributed by atoms with Crippen LogP contribution in [-0.4, -0.2) is 50.4 Å².